The van der Waals surface area contributed by atoms with Gasteiger partial charge in [0.1, 0.15) is 0 Å². The average Bonchev–Trinajstić information content (AvgIpc) is 2.03. The Hall–Kier alpha value is -0.0800. The molecule has 0 saturated carbocycles. The molecule has 0 bridgehead atoms. The number of rotatable bonds is 7. The third kappa shape index (κ3) is 8.02. The van der Waals surface area contributed by atoms with Crippen LogP contribution >= 0.6 is 0 Å². The molecule has 74 valence electrons. The second kappa shape index (κ2) is 7.56. The molecule has 0 heterocycles. The standard InChI is InChI=1S/C10H23NO/c1-9(2)5-7-12-8-6-10(3)11-4/h9-11H,5-8H2,1-4H3. The van der Waals surface area contributed by atoms with Gasteiger partial charge in [0.15, 0.2) is 0 Å². The fourth-order valence-corrected chi connectivity index (χ4v) is 0.826. The molecule has 2 heteroatoms. The minimum atomic E-state index is 0.573. The van der Waals surface area contributed by atoms with E-state index in [4.69, 9.17) is 4.74 Å². The first-order valence-electron chi connectivity index (χ1n) is 4.91. The zero-order chi connectivity index (χ0) is 9.40. The van der Waals surface area contributed by atoms with E-state index in [-0.39, 0.29) is 0 Å². The summed E-state index contributed by atoms with van der Waals surface area (Å²) in [4.78, 5) is 0. The minimum absolute atomic E-state index is 0.573. The molecule has 0 spiro atoms. The maximum atomic E-state index is 5.48. The van der Waals surface area contributed by atoms with Gasteiger partial charge in [-0.1, -0.05) is 13.8 Å². The Labute approximate surface area is 76.7 Å². The predicted molar refractivity (Wildman–Crippen MR) is 53.4 cm³/mol. The third-order valence-corrected chi connectivity index (χ3v) is 2.03. The monoisotopic (exact) mass is 173 g/mol. The SMILES string of the molecule is CNC(C)CCOCCC(C)C. The molecule has 1 atom stereocenters. The van der Waals surface area contributed by atoms with Gasteiger partial charge in [-0.05, 0) is 32.7 Å². The van der Waals surface area contributed by atoms with E-state index in [2.05, 4.69) is 26.1 Å². The van der Waals surface area contributed by atoms with Crippen LogP contribution in [0.1, 0.15) is 33.6 Å². The van der Waals surface area contributed by atoms with Gasteiger partial charge in [-0.3, -0.25) is 0 Å². The van der Waals surface area contributed by atoms with Crippen molar-refractivity contribution in [2.75, 3.05) is 20.3 Å². The van der Waals surface area contributed by atoms with Gasteiger partial charge in [-0.25, -0.2) is 0 Å². The summed E-state index contributed by atoms with van der Waals surface area (Å²) in [6.45, 7) is 8.41. The van der Waals surface area contributed by atoms with Crippen molar-refractivity contribution in [2.45, 2.75) is 39.7 Å². The summed E-state index contributed by atoms with van der Waals surface area (Å²) >= 11 is 0. The molecule has 0 aromatic heterocycles. The molecule has 12 heavy (non-hydrogen) atoms. The van der Waals surface area contributed by atoms with Crippen molar-refractivity contribution in [1.29, 1.82) is 0 Å². The fraction of sp³-hybridized carbons (Fsp3) is 1.00. The Kier molecular flexibility index (Phi) is 7.51. The van der Waals surface area contributed by atoms with E-state index in [0.717, 1.165) is 25.6 Å². The number of ether oxygens (including phenoxy) is 1. The number of hydrogen-bond acceptors (Lipinski definition) is 2. The maximum Gasteiger partial charge on any atom is 0.0480 e. The van der Waals surface area contributed by atoms with E-state index in [1.165, 1.54) is 6.42 Å². The van der Waals surface area contributed by atoms with Crippen LogP contribution < -0.4 is 5.32 Å². The van der Waals surface area contributed by atoms with Crippen LogP contribution in [0.4, 0.5) is 0 Å². The Morgan fingerprint density at radius 3 is 2.17 bits per heavy atom. The van der Waals surface area contributed by atoms with Crippen LogP contribution in [-0.4, -0.2) is 26.3 Å². The normalized spacial score (nSPS) is 13.8. The van der Waals surface area contributed by atoms with Crippen molar-refractivity contribution in [2.24, 2.45) is 5.92 Å². The summed E-state index contributed by atoms with van der Waals surface area (Å²) in [5.41, 5.74) is 0. The molecule has 2 nitrogen and oxygen atoms in total. The summed E-state index contributed by atoms with van der Waals surface area (Å²) in [5, 5.41) is 3.18. The van der Waals surface area contributed by atoms with Gasteiger partial charge >= 0.3 is 0 Å². The van der Waals surface area contributed by atoms with Gasteiger partial charge in [0.05, 0.1) is 0 Å². The molecule has 0 aliphatic heterocycles. The highest BCUT2D eigenvalue weighted by Crippen LogP contribution is 1.99. The summed E-state index contributed by atoms with van der Waals surface area (Å²) < 4.78 is 5.48. The van der Waals surface area contributed by atoms with Crippen LogP contribution in [0.25, 0.3) is 0 Å². The third-order valence-electron chi connectivity index (χ3n) is 2.03. The summed E-state index contributed by atoms with van der Waals surface area (Å²) in [5.74, 6) is 0.756. The van der Waals surface area contributed by atoms with E-state index in [1.807, 2.05) is 7.05 Å². The van der Waals surface area contributed by atoms with E-state index >= 15 is 0 Å². The van der Waals surface area contributed by atoms with Crippen molar-refractivity contribution in [3.05, 3.63) is 0 Å². The summed E-state index contributed by atoms with van der Waals surface area (Å²) in [6, 6.07) is 0.573. The molecular weight excluding hydrogens is 150 g/mol. The second-order valence-electron chi connectivity index (χ2n) is 3.77. The zero-order valence-corrected chi connectivity index (χ0v) is 8.89. The molecule has 0 fully saturated rings. The lowest BCUT2D eigenvalue weighted by atomic mass is 10.1. The molecule has 0 rings (SSSR count). The van der Waals surface area contributed by atoms with Crippen LogP contribution in [-0.2, 0) is 4.74 Å². The average molecular weight is 173 g/mol. The van der Waals surface area contributed by atoms with E-state index in [9.17, 15) is 0 Å². The molecule has 0 aliphatic carbocycles. The van der Waals surface area contributed by atoms with Gasteiger partial charge in [0.25, 0.3) is 0 Å². The van der Waals surface area contributed by atoms with Crippen molar-refractivity contribution in [1.82, 2.24) is 5.32 Å². The van der Waals surface area contributed by atoms with Crippen molar-refractivity contribution in [3.8, 4) is 0 Å². The Morgan fingerprint density at radius 1 is 1.08 bits per heavy atom. The number of hydrogen-bond donors (Lipinski definition) is 1. The molecule has 1 N–H and O–H groups in total. The first kappa shape index (κ1) is 11.9. The highest BCUT2D eigenvalue weighted by molar-refractivity contribution is 4.55. The van der Waals surface area contributed by atoms with E-state index in [0.29, 0.717) is 6.04 Å². The lowest BCUT2D eigenvalue weighted by Gasteiger charge is -2.10. The molecule has 0 aliphatic rings. The van der Waals surface area contributed by atoms with Gasteiger partial charge in [-0.15, -0.1) is 0 Å². The van der Waals surface area contributed by atoms with E-state index in [1.54, 1.807) is 0 Å². The van der Waals surface area contributed by atoms with Crippen molar-refractivity contribution >= 4 is 0 Å². The van der Waals surface area contributed by atoms with Crippen LogP contribution in [0.5, 0.6) is 0 Å². The maximum absolute atomic E-state index is 5.48. The highest BCUT2D eigenvalue weighted by atomic mass is 16.5. The number of nitrogens with one attached hydrogen (secondary N) is 1. The van der Waals surface area contributed by atoms with E-state index < -0.39 is 0 Å². The molecule has 0 aromatic carbocycles. The van der Waals surface area contributed by atoms with Crippen LogP contribution in [0.2, 0.25) is 0 Å². The van der Waals surface area contributed by atoms with Crippen LogP contribution in [0.15, 0.2) is 0 Å². The van der Waals surface area contributed by atoms with Crippen LogP contribution in [0, 0.1) is 5.92 Å². The molecule has 0 saturated heterocycles. The Balaban J connectivity index is 3.00. The van der Waals surface area contributed by atoms with Gasteiger partial charge < -0.3 is 10.1 Å². The zero-order valence-electron chi connectivity index (χ0n) is 8.89. The molecule has 1 unspecified atom stereocenters. The first-order valence-corrected chi connectivity index (χ1v) is 4.91. The molecule has 0 aromatic rings. The van der Waals surface area contributed by atoms with Crippen LogP contribution in [0.3, 0.4) is 0 Å². The van der Waals surface area contributed by atoms with Gasteiger partial charge in [-0.2, -0.15) is 0 Å². The topological polar surface area (TPSA) is 21.3 Å². The lowest BCUT2D eigenvalue weighted by molar-refractivity contribution is 0.116. The van der Waals surface area contributed by atoms with Gasteiger partial charge in [0, 0.05) is 19.3 Å². The lowest BCUT2D eigenvalue weighted by Crippen LogP contribution is -2.22. The first-order chi connectivity index (χ1) is 5.66. The molecule has 0 amide bonds. The Bertz CT molecular complexity index is 93.8. The highest BCUT2D eigenvalue weighted by Gasteiger charge is 1.97. The fourth-order valence-electron chi connectivity index (χ4n) is 0.826. The summed E-state index contributed by atoms with van der Waals surface area (Å²) in [7, 11) is 1.98. The predicted octanol–water partition coefficient (Wildman–Crippen LogP) is 2.05. The largest absolute Gasteiger partial charge is 0.381 e. The minimum Gasteiger partial charge on any atom is -0.381 e. The molecular formula is C10H23NO. The Morgan fingerprint density at radius 2 is 1.67 bits per heavy atom. The second-order valence-corrected chi connectivity index (χ2v) is 3.77. The summed E-state index contributed by atoms with van der Waals surface area (Å²) in [6.07, 6.45) is 2.28. The van der Waals surface area contributed by atoms with Crippen molar-refractivity contribution in [3.63, 3.8) is 0 Å². The molecule has 0 radical (unpaired) electrons. The van der Waals surface area contributed by atoms with Crippen molar-refractivity contribution < 1.29 is 4.74 Å². The smallest absolute Gasteiger partial charge is 0.0480 e. The quantitative estimate of drug-likeness (QED) is 0.595. The van der Waals surface area contributed by atoms with Gasteiger partial charge in [0.2, 0.25) is 0 Å².